The zero-order valence-corrected chi connectivity index (χ0v) is 16.0. The summed E-state index contributed by atoms with van der Waals surface area (Å²) >= 11 is 0. The van der Waals surface area contributed by atoms with Gasteiger partial charge in [-0.2, -0.15) is 18.3 Å². The Kier molecular flexibility index (Phi) is 4.64. The number of carbonyl (C=O) groups is 1. The van der Waals surface area contributed by atoms with E-state index in [2.05, 4.69) is 10.1 Å². The third-order valence-corrected chi connectivity index (χ3v) is 5.25. The van der Waals surface area contributed by atoms with Crippen LogP contribution in [0, 0.1) is 13.8 Å². The monoisotopic (exact) mass is 400 g/mol. The maximum Gasteiger partial charge on any atom is 0.417 e. The molecule has 0 bridgehead atoms. The summed E-state index contributed by atoms with van der Waals surface area (Å²) in [6.07, 6.45) is -2.65. The molecule has 1 aliphatic rings. The molecular weight excluding hydrogens is 381 g/mol. The van der Waals surface area contributed by atoms with E-state index in [1.807, 2.05) is 24.3 Å². The molecule has 0 unspecified atom stereocenters. The van der Waals surface area contributed by atoms with Crippen LogP contribution in [0.15, 0.2) is 42.6 Å². The van der Waals surface area contributed by atoms with Gasteiger partial charge in [-0.15, -0.1) is 0 Å². The summed E-state index contributed by atoms with van der Waals surface area (Å²) in [4.78, 5) is 18.6. The minimum Gasteiger partial charge on any atom is -0.312 e. The van der Waals surface area contributed by atoms with Crippen LogP contribution in [0.3, 0.4) is 0 Å². The van der Waals surface area contributed by atoms with Gasteiger partial charge < -0.3 is 4.90 Å². The van der Waals surface area contributed by atoms with Crippen LogP contribution in [0.2, 0.25) is 0 Å². The second-order valence-electron chi connectivity index (χ2n) is 7.06. The number of fused-ring (bicyclic) bond motifs is 1. The number of aryl methyl sites for hydroxylation is 1. The Labute approximate surface area is 165 Å². The summed E-state index contributed by atoms with van der Waals surface area (Å²) in [7, 11) is 0. The highest BCUT2D eigenvalue weighted by atomic mass is 19.4. The molecule has 0 fully saturated rings. The van der Waals surface area contributed by atoms with E-state index in [0.717, 1.165) is 35.5 Å². The lowest BCUT2D eigenvalue weighted by atomic mass is 10.1. The van der Waals surface area contributed by atoms with Gasteiger partial charge in [0.1, 0.15) is 0 Å². The quantitative estimate of drug-likeness (QED) is 0.667. The molecule has 150 valence electrons. The topological polar surface area (TPSA) is 51.0 Å². The lowest BCUT2D eigenvalue weighted by Gasteiger charge is -2.17. The molecular formula is C21H19F3N4O. The van der Waals surface area contributed by atoms with Crippen LogP contribution in [0.4, 0.5) is 18.9 Å². The Bertz CT molecular complexity index is 1070. The van der Waals surface area contributed by atoms with Crippen molar-refractivity contribution in [1.29, 1.82) is 0 Å². The zero-order chi connectivity index (χ0) is 20.8. The number of benzene rings is 1. The third kappa shape index (κ3) is 3.50. The first kappa shape index (κ1) is 19.2. The summed E-state index contributed by atoms with van der Waals surface area (Å²) in [6, 6.07) is 10.1. The second-order valence-corrected chi connectivity index (χ2v) is 7.06. The van der Waals surface area contributed by atoms with Crippen LogP contribution < -0.4 is 4.90 Å². The fraction of sp³-hybridized carbons (Fsp3) is 0.286. The Balaban J connectivity index is 1.59. The van der Waals surface area contributed by atoms with Gasteiger partial charge in [-0.1, -0.05) is 18.2 Å². The van der Waals surface area contributed by atoms with Crippen molar-refractivity contribution in [3.8, 4) is 5.82 Å². The Morgan fingerprint density at radius 3 is 2.59 bits per heavy atom. The van der Waals surface area contributed by atoms with E-state index in [0.29, 0.717) is 17.9 Å². The highest BCUT2D eigenvalue weighted by Crippen LogP contribution is 2.30. The Morgan fingerprint density at radius 1 is 1.14 bits per heavy atom. The molecule has 3 aromatic rings. The number of amides is 1. The molecule has 1 aromatic carbocycles. The molecule has 3 heterocycles. The summed E-state index contributed by atoms with van der Waals surface area (Å²) in [5.74, 6) is 0.255. The third-order valence-electron chi connectivity index (χ3n) is 5.25. The molecule has 5 nitrogen and oxygen atoms in total. The lowest BCUT2D eigenvalue weighted by Crippen LogP contribution is -2.30. The van der Waals surface area contributed by atoms with Crippen molar-refractivity contribution in [3.63, 3.8) is 0 Å². The van der Waals surface area contributed by atoms with Crippen LogP contribution in [0.1, 0.15) is 28.1 Å². The number of hydrogen-bond acceptors (Lipinski definition) is 3. The molecule has 0 aliphatic carbocycles. The highest BCUT2D eigenvalue weighted by molar-refractivity contribution is 5.96. The zero-order valence-electron chi connectivity index (χ0n) is 16.0. The number of hydrogen-bond donors (Lipinski definition) is 0. The number of aromatic nitrogens is 3. The molecule has 1 amide bonds. The van der Waals surface area contributed by atoms with Gasteiger partial charge >= 0.3 is 6.18 Å². The molecule has 0 spiro atoms. The molecule has 29 heavy (non-hydrogen) atoms. The highest BCUT2D eigenvalue weighted by Gasteiger charge is 2.31. The van der Waals surface area contributed by atoms with Crippen LogP contribution >= 0.6 is 0 Å². The average molecular weight is 400 g/mol. The number of rotatable bonds is 3. The van der Waals surface area contributed by atoms with Crippen LogP contribution in [-0.2, 0) is 23.8 Å². The Hall–Kier alpha value is -3.16. The van der Waals surface area contributed by atoms with Crippen molar-refractivity contribution >= 4 is 11.6 Å². The van der Waals surface area contributed by atoms with E-state index in [4.69, 9.17) is 0 Å². The second kappa shape index (κ2) is 7.02. The number of nitrogens with zero attached hydrogens (tertiary/aromatic N) is 4. The van der Waals surface area contributed by atoms with Gasteiger partial charge in [0.25, 0.3) is 0 Å². The molecule has 8 heteroatoms. The van der Waals surface area contributed by atoms with Crippen LogP contribution in [0.5, 0.6) is 0 Å². The normalized spacial score (nSPS) is 13.6. The molecule has 2 aromatic heterocycles. The molecule has 4 rings (SSSR count). The number of para-hydroxylation sites is 1. The molecule has 0 saturated carbocycles. The van der Waals surface area contributed by atoms with Gasteiger partial charge in [-0.3, -0.25) is 4.79 Å². The fourth-order valence-corrected chi connectivity index (χ4v) is 3.68. The summed E-state index contributed by atoms with van der Waals surface area (Å²) in [5.41, 5.74) is 3.39. The molecule has 0 N–H and O–H groups in total. The van der Waals surface area contributed by atoms with E-state index in [9.17, 15) is 18.0 Å². The van der Waals surface area contributed by atoms with Gasteiger partial charge in [0.15, 0.2) is 5.82 Å². The van der Waals surface area contributed by atoms with Gasteiger partial charge in [0.05, 0.1) is 17.7 Å². The number of carbonyl (C=O) groups excluding carboxylic acids is 1. The minimum absolute atomic E-state index is 0.0268. The molecule has 1 aliphatic heterocycles. The van der Waals surface area contributed by atoms with Crippen molar-refractivity contribution in [2.45, 2.75) is 32.9 Å². The molecule has 0 saturated heterocycles. The number of halogens is 3. The lowest BCUT2D eigenvalue weighted by molar-refractivity contribution is -0.137. The van der Waals surface area contributed by atoms with Crippen molar-refractivity contribution in [2.24, 2.45) is 0 Å². The van der Waals surface area contributed by atoms with E-state index in [1.54, 1.807) is 18.7 Å². The average Bonchev–Trinajstić information content (AvgIpc) is 3.24. The summed E-state index contributed by atoms with van der Waals surface area (Å²) < 4.78 is 39.8. The first-order valence-corrected chi connectivity index (χ1v) is 9.22. The van der Waals surface area contributed by atoms with Gasteiger partial charge in [0, 0.05) is 29.7 Å². The van der Waals surface area contributed by atoms with Crippen molar-refractivity contribution in [1.82, 2.24) is 14.8 Å². The van der Waals surface area contributed by atoms with E-state index < -0.39 is 11.7 Å². The first-order chi connectivity index (χ1) is 13.8. The summed E-state index contributed by atoms with van der Waals surface area (Å²) in [5, 5.41) is 4.40. The van der Waals surface area contributed by atoms with Crippen molar-refractivity contribution in [3.05, 3.63) is 70.7 Å². The van der Waals surface area contributed by atoms with Gasteiger partial charge in [0.2, 0.25) is 5.91 Å². The fourth-order valence-electron chi connectivity index (χ4n) is 3.68. The maximum atomic E-state index is 12.9. The number of anilines is 1. The minimum atomic E-state index is -4.44. The molecule has 0 radical (unpaired) electrons. The predicted octanol–water partition coefficient (Wildman–Crippen LogP) is 4.03. The van der Waals surface area contributed by atoms with Crippen molar-refractivity contribution in [2.75, 3.05) is 11.4 Å². The van der Waals surface area contributed by atoms with Gasteiger partial charge in [-0.25, -0.2) is 9.67 Å². The summed E-state index contributed by atoms with van der Waals surface area (Å²) in [6.45, 7) is 4.22. The largest absolute Gasteiger partial charge is 0.417 e. The van der Waals surface area contributed by atoms with E-state index in [-0.39, 0.29) is 18.1 Å². The number of pyridine rings is 1. The van der Waals surface area contributed by atoms with E-state index in [1.165, 1.54) is 10.7 Å². The van der Waals surface area contributed by atoms with Crippen LogP contribution in [0.25, 0.3) is 5.82 Å². The maximum absolute atomic E-state index is 12.9. The SMILES string of the molecule is Cc1nn(-c2ccc(C(F)(F)F)cn2)c(C)c1CC(=O)N1CCc2ccccc21. The van der Waals surface area contributed by atoms with Crippen LogP contribution in [-0.4, -0.2) is 27.2 Å². The predicted molar refractivity (Wildman–Crippen MR) is 102 cm³/mol. The Morgan fingerprint density at radius 2 is 1.90 bits per heavy atom. The first-order valence-electron chi connectivity index (χ1n) is 9.22. The molecule has 0 atom stereocenters. The number of alkyl halides is 3. The standard InChI is InChI=1S/C21H19F3N4O/c1-13-17(11-20(29)27-10-9-15-5-3-4-6-18(15)27)14(2)28(26-13)19-8-7-16(12-25-19)21(22,23)24/h3-8,12H,9-11H2,1-2H3. The van der Waals surface area contributed by atoms with E-state index >= 15 is 0 Å². The van der Waals surface area contributed by atoms with Crippen molar-refractivity contribution < 1.29 is 18.0 Å². The smallest absolute Gasteiger partial charge is 0.312 e. The van der Waals surface area contributed by atoms with Gasteiger partial charge in [-0.05, 0) is 44.0 Å².